The number of benzene rings is 1. The summed E-state index contributed by atoms with van der Waals surface area (Å²) in [5, 5.41) is 7.52. The van der Waals surface area contributed by atoms with Crippen LogP contribution in [0, 0.1) is 6.92 Å². The number of hydrogen-bond donors (Lipinski definition) is 2. The Balaban J connectivity index is 1.40. The minimum absolute atomic E-state index is 0.122. The van der Waals surface area contributed by atoms with Crippen LogP contribution in [0.2, 0.25) is 0 Å². The smallest absolute Gasteiger partial charge is 0.263 e. The lowest BCUT2D eigenvalue weighted by molar-refractivity contribution is -0.118. The van der Waals surface area contributed by atoms with Crippen molar-refractivity contribution in [2.45, 2.75) is 51.4 Å². The fourth-order valence-corrected chi connectivity index (χ4v) is 3.96. The van der Waals surface area contributed by atoms with Crippen LogP contribution in [0.4, 0.5) is 5.82 Å². The first-order valence-electron chi connectivity index (χ1n) is 10.8. The van der Waals surface area contributed by atoms with Crippen LogP contribution in [-0.2, 0) is 17.6 Å². The first-order chi connectivity index (χ1) is 15.1. The first-order valence-corrected chi connectivity index (χ1v) is 10.8. The Kier molecular flexibility index (Phi) is 5.05. The van der Waals surface area contributed by atoms with Crippen LogP contribution in [0.25, 0.3) is 5.95 Å². The van der Waals surface area contributed by atoms with Crippen LogP contribution in [0.15, 0.2) is 35.1 Å². The van der Waals surface area contributed by atoms with E-state index in [0.29, 0.717) is 23.4 Å². The number of carbonyl (C=O) groups excluding carboxylic acids is 1. The second kappa shape index (κ2) is 8.02. The van der Waals surface area contributed by atoms with E-state index in [1.54, 1.807) is 0 Å². The van der Waals surface area contributed by atoms with Crippen LogP contribution in [0.3, 0.4) is 0 Å². The highest BCUT2D eigenvalue weighted by Gasteiger charge is 2.29. The molecule has 5 rings (SSSR count). The van der Waals surface area contributed by atoms with E-state index in [2.05, 4.69) is 20.4 Å². The molecule has 2 aliphatic rings. The van der Waals surface area contributed by atoms with Gasteiger partial charge in [-0.2, -0.15) is 9.78 Å². The molecule has 8 nitrogen and oxygen atoms in total. The van der Waals surface area contributed by atoms with Crippen LogP contribution in [0.5, 0.6) is 5.75 Å². The van der Waals surface area contributed by atoms with Crippen molar-refractivity contribution in [3.63, 3.8) is 0 Å². The second-order valence-electron chi connectivity index (χ2n) is 8.26. The Bertz CT molecular complexity index is 1190. The number of anilines is 1. The molecule has 2 heterocycles. The summed E-state index contributed by atoms with van der Waals surface area (Å²) in [7, 11) is 0. The first kappa shape index (κ1) is 19.5. The molecule has 0 saturated heterocycles. The molecule has 1 aromatic carbocycles. The third-order valence-corrected chi connectivity index (χ3v) is 5.82. The molecule has 2 aliphatic carbocycles. The second-order valence-corrected chi connectivity index (χ2v) is 8.26. The Morgan fingerprint density at radius 3 is 2.87 bits per heavy atom. The van der Waals surface area contributed by atoms with Gasteiger partial charge in [-0.3, -0.25) is 14.6 Å². The van der Waals surface area contributed by atoms with E-state index in [1.165, 1.54) is 4.68 Å². The third-order valence-electron chi connectivity index (χ3n) is 5.82. The van der Waals surface area contributed by atoms with Gasteiger partial charge in [-0.15, -0.1) is 0 Å². The number of fused-ring (bicyclic) bond motifs is 1. The number of carbonyl (C=O) groups is 1. The molecule has 0 spiro atoms. The minimum Gasteiger partial charge on any atom is -0.483 e. The fraction of sp³-hybridized carbons (Fsp3) is 0.391. The van der Waals surface area contributed by atoms with Crippen molar-refractivity contribution in [2.75, 3.05) is 11.9 Å². The Morgan fingerprint density at radius 1 is 1.26 bits per heavy atom. The molecular weight excluding hydrogens is 394 g/mol. The summed E-state index contributed by atoms with van der Waals surface area (Å²) in [4.78, 5) is 32.7. The van der Waals surface area contributed by atoms with Crippen molar-refractivity contribution in [3.05, 3.63) is 63.2 Å². The number of aryl methyl sites for hydroxylation is 2. The highest BCUT2D eigenvalue weighted by atomic mass is 16.5. The Hall–Kier alpha value is -3.42. The molecule has 160 valence electrons. The van der Waals surface area contributed by atoms with E-state index < -0.39 is 0 Å². The lowest BCUT2D eigenvalue weighted by Crippen LogP contribution is -2.26. The molecule has 0 radical (unpaired) electrons. The van der Waals surface area contributed by atoms with Gasteiger partial charge in [-0.25, -0.2) is 4.98 Å². The van der Waals surface area contributed by atoms with Gasteiger partial charge in [0.1, 0.15) is 11.6 Å². The van der Waals surface area contributed by atoms with Crippen molar-refractivity contribution in [1.29, 1.82) is 0 Å². The molecule has 0 aliphatic heterocycles. The molecule has 31 heavy (non-hydrogen) atoms. The maximum Gasteiger partial charge on any atom is 0.263 e. The third kappa shape index (κ3) is 4.10. The predicted octanol–water partition coefficient (Wildman–Crippen LogP) is 3.04. The average Bonchev–Trinajstić information content (AvgIpc) is 3.54. The summed E-state index contributed by atoms with van der Waals surface area (Å²) in [5.41, 5.74) is 3.33. The van der Waals surface area contributed by atoms with E-state index >= 15 is 0 Å². The van der Waals surface area contributed by atoms with Crippen LogP contribution < -0.4 is 15.6 Å². The van der Waals surface area contributed by atoms with E-state index in [9.17, 15) is 9.59 Å². The number of rotatable bonds is 6. The molecule has 8 heteroatoms. The number of amides is 1. The molecule has 0 atom stereocenters. The topological polar surface area (TPSA) is 102 Å². The van der Waals surface area contributed by atoms with Crippen molar-refractivity contribution < 1.29 is 9.53 Å². The maximum atomic E-state index is 12.6. The van der Waals surface area contributed by atoms with Gasteiger partial charge in [0.05, 0.1) is 11.4 Å². The molecule has 2 aromatic heterocycles. The number of para-hydroxylation sites is 1. The van der Waals surface area contributed by atoms with E-state index in [4.69, 9.17) is 4.74 Å². The molecule has 1 fully saturated rings. The SMILES string of the molecule is Cc1ccccc1OCC(=O)Nc1cc(C2CC2)nn1-c1nc2c(c(=O)[nH]1)CCCC2. The predicted molar refractivity (Wildman–Crippen MR) is 116 cm³/mol. The maximum absolute atomic E-state index is 12.6. The molecule has 1 amide bonds. The zero-order valence-electron chi connectivity index (χ0n) is 17.5. The minimum atomic E-state index is -0.299. The summed E-state index contributed by atoms with van der Waals surface area (Å²) in [6, 6.07) is 9.42. The number of nitrogens with one attached hydrogen (secondary N) is 2. The number of aromatic nitrogens is 4. The largest absolute Gasteiger partial charge is 0.483 e. The Labute approximate surface area is 179 Å². The van der Waals surface area contributed by atoms with Crippen LogP contribution in [0.1, 0.15) is 54.1 Å². The lowest BCUT2D eigenvalue weighted by atomic mass is 9.97. The molecule has 0 unspecified atom stereocenters. The van der Waals surface area contributed by atoms with Gasteiger partial charge >= 0.3 is 0 Å². The molecule has 1 saturated carbocycles. The standard InChI is InChI=1S/C23H25N5O3/c1-14-6-2-5-9-19(14)31-13-21(29)25-20-12-18(15-10-11-15)27-28(20)23-24-17-8-4-3-7-16(17)22(30)26-23/h2,5-6,9,12,15H,3-4,7-8,10-11,13H2,1H3,(H,25,29)(H,24,26,30). The van der Waals surface area contributed by atoms with Gasteiger partial charge in [0.2, 0.25) is 5.95 Å². The fourth-order valence-electron chi connectivity index (χ4n) is 3.96. The zero-order valence-corrected chi connectivity index (χ0v) is 17.5. The van der Waals surface area contributed by atoms with Crippen molar-refractivity contribution in [2.24, 2.45) is 0 Å². The summed E-state index contributed by atoms with van der Waals surface area (Å²) in [6.07, 6.45) is 5.73. The van der Waals surface area contributed by atoms with Crippen molar-refractivity contribution in [3.8, 4) is 11.7 Å². The summed E-state index contributed by atoms with van der Waals surface area (Å²) < 4.78 is 7.20. The van der Waals surface area contributed by atoms with Crippen LogP contribution >= 0.6 is 0 Å². The average molecular weight is 419 g/mol. The van der Waals surface area contributed by atoms with Gasteiger partial charge in [0.15, 0.2) is 6.61 Å². The van der Waals surface area contributed by atoms with E-state index in [-0.39, 0.29) is 18.1 Å². The van der Waals surface area contributed by atoms with Gasteiger partial charge in [-0.05, 0) is 57.1 Å². The Morgan fingerprint density at radius 2 is 2.06 bits per heavy atom. The van der Waals surface area contributed by atoms with Gasteiger partial charge in [0.25, 0.3) is 11.5 Å². The zero-order chi connectivity index (χ0) is 21.4. The van der Waals surface area contributed by atoms with Gasteiger partial charge < -0.3 is 10.1 Å². The number of nitrogens with zero attached hydrogens (tertiary/aromatic N) is 3. The summed E-state index contributed by atoms with van der Waals surface area (Å²) in [6.45, 7) is 1.81. The van der Waals surface area contributed by atoms with E-state index in [1.807, 2.05) is 37.3 Å². The van der Waals surface area contributed by atoms with Crippen molar-refractivity contribution in [1.82, 2.24) is 19.7 Å². The van der Waals surface area contributed by atoms with Crippen molar-refractivity contribution >= 4 is 11.7 Å². The lowest BCUT2D eigenvalue weighted by Gasteiger charge is -2.15. The van der Waals surface area contributed by atoms with Crippen LogP contribution in [-0.4, -0.2) is 32.3 Å². The number of aromatic amines is 1. The normalized spacial score (nSPS) is 15.4. The summed E-state index contributed by atoms with van der Waals surface area (Å²) in [5.74, 6) is 1.59. The number of ether oxygens (including phenoxy) is 1. The molecule has 2 N–H and O–H groups in total. The molecule has 3 aromatic rings. The number of H-pyrrole nitrogens is 1. The summed E-state index contributed by atoms with van der Waals surface area (Å²) >= 11 is 0. The highest BCUT2D eigenvalue weighted by molar-refractivity contribution is 5.91. The monoisotopic (exact) mass is 419 g/mol. The molecule has 0 bridgehead atoms. The van der Waals surface area contributed by atoms with Gasteiger partial charge in [0, 0.05) is 17.5 Å². The number of hydrogen-bond acceptors (Lipinski definition) is 5. The molecular formula is C23H25N5O3. The highest BCUT2D eigenvalue weighted by Crippen LogP contribution is 2.40. The quantitative estimate of drug-likeness (QED) is 0.639. The van der Waals surface area contributed by atoms with E-state index in [0.717, 1.165) is 61.0 Å². The van der Waals surface area contributed by atoms with Gasteiger partial charge in [-0.1, -0.05) is 18.2 Å².